The predicted molar refractivity (Wildman–Crippen MR) is 89.7 cm³/mol. The number of halogens is 1. The summed E-state index contributed by atoms with van der Waals surface area (Å²) < 4.78 is 7.17. The van der Waals surface area contributed by atoms with Crippen LogP contribution in [0.5, 0.6) is 0 Å². The van der Waals surface area contributed by atoms with Crippen molar-refractivity contribution >= 4 is 44.5 Å². The highest BCUT2D eigenvalue weighted by Crippen LogP contribution is 2.31. The van der Waals surface area contributed by atoms with Gasteiger partial charge in [-0.2, -0.15) is 0 Å². The third-order valence-electron chi connectivity index (χ3n) is 3.38. The topological polar surface area (TPSA) is 26.0 Å². The van der Waals surface area contributed by atoms with E-state index in [1.165, 1.54) is 5.39 Å². The van der Waals surface area contributed by atoms with Crippen LogP contribution < -0.4 is 0 Å². The third-order valence-corrected chi connectivity index (χ3v) is 4.32. The van der Waals surface area contributed by atoms with Crippen LogP contribution in [0.1, 0.15) is 0 Å². The Morgan fingerprint density at radius 3 is 2.55 bits per heavy atom. The van der Waals surface area contributed by atoms with E-state index in [1.807, 2.05) is 36.4 Å². The lowest BCUT2D eigenvalue weighted by Crippen LogP contribution is -1.80. The number of nitrogens with zero attached hydrogens (tertiary/aromatic N) is 1. The van der Waals surface area contributed by atoms with E-state index in [-0.39, 0.29) is 0 Å². The van der Waals surface area contributed by atoms with Crippen molar-refractivity contribution in [3.05, 3.63) is 64.2 Å². The van der Waals surface area contributed by atoms with E-state index < -0.39 is 0 Å². The van der Waals surface area contributed by atoms with E-state index in [0.717, 1.165) is 25.6 Å². The Morgan fingerprint density at radius 2 is 1.65 bits per heavy atom. The molecule has 4 aromatic rings. The van der Waals surface area contributed by atoms with Gasteiger partial charge in [0.25, 0.3) is 0 Å². The van der Waals surface area contributed by atoms with Gasteiger partial charge in [0.1, 0.15) is 5.52 Å². The smallest absolute Gasteiger partial charge is 0.228 e. The fourth-order valence-corrected chi connectivity index (χ4v) is 3.02. The number of rotatable bonds is 1. The zero-order chi connectivity index (χ0) is 13.5. The maximum absolute atomic E-state index is 6.03. The van der Waals surface area contributed by atoms with Gasteiger partial charge in [0.05, 0.1) is 5.56 Å². The van der Waals surface area contributed by atoms with Crippen molar-refractivity contribution in [2.75, 3.05) is 0 Å². The van der Waals surface area contributed by atoms with Crippen molar-refractivity contribution < 1.29 is 4.42 Å². The molecule has 0 saturated heterocycles. The van der Waals surface area contributed by atoms with Crippen LogP contribution in [0.4, 0.5) is 0 Å². The average Bonchev–Trinajstić information content (AvgIpc) is 2.92. The number of hydrogen-bond donors (Lipinski definition) is 0. The van der Waals surface area contributed by atoms with Gasteiger partial charge in [0.2, 0.25) is 5.89 Å². The SMILES string of the molecule is Ic1ccccc1-c1nc2ccc3ccccc3c2o1. The van der Waals surface area contributed by atoms with E-state index in [4.69, 9.17) is 4.42 Å². The van der Waals surface area contributed by atoms with Gasteiger partial charge in [-0.3, -0.25) is 0 Å². The monoisotopic (exact) mass is 371 g/mol. The molecule has 0 fully saturated rings. The first-order valence-electron chi connectivity index (χ1n) is 6.36. The molecule has 0 spiro atoms. The van der Waals surface area contributed by atoms with Crippen LogP contribution in [0.3, 0.4) is 0 Å². The van der Waals surface area contributed by atoms with Crippen molar-refractivity contribution in [2.45, 2.75) is 0 Å². The Bertz CT molecular complexity index is 926. The number of oxazole rings is 1. The van der Waals surface area contributed by atoms with Crippen LogP contribution >= 0.6 is 22.6 Å². The largest absolute Gasteiger partial charge is 0.435 e. The van der Waals surface area contributed by atoms with E-state index in [1.54, 1.807) is 0 Å². The second-order valence-corrected chi connectivity index (χ2v) is 5.80. The highest BCUT2D eigenvalue weighted by molar-refractivity contribution is 14.1. The Morgan fingerprint density at radius 1 is 0.850 bits per heavy atom. The van der Waals surface area contributed by atoms with E-state index in [2.05, 4.69) is 51.8 Å². The molecule has 3 aromatic carbocycles. The first kappa shape index (κ1) is 11.9. The summed E-state index contributed by atoms with van der Waals surface area (Å²) in [6, 6.07) is 20.4. The van der Waals surface area contributed by atoms with Gasteiger partial charge in [-0.25, -0.2) is 4.98 Å². The molecular formula is C17H10INO. The Kier molecular flexibility index (Phi) is 2.73. The van der Waals surface area contributed by atoms with Crippen molar-refractivity contribution in [1.29, 1.82) is 0 Å². The van der Waals surface area contributed by atoms with Gasteiger partial charge < -0.3 is 4.42 Å². The predicted octanol–water partition coefficient (Wildman–Crippen LogP) is 5.25. The number of fused-ring (bicyclic) bond motifs is 3. The van der Waals surface area contributed by atoms with Gasteiger partial charge in [-0.05, 0) is 46.2 Å². The molecule has 0 amide bonds. The first-order valence-corrected chi connectivity index (χ1v) is 7.44. The second kappa shape index (κ2) is 4.59. The molecule has 0 aliphatic rings. The van der Waals surface area contributed by atoms with Crippen LogP contribution in [-0.4, -0.2) is 4.98 Å². The summed E-state index contributed by atoms with van der Waals surface area (Å²) >= 11 is 2.31. The number of hydrogen-bond acceptors (Lipinski definition) is 2. The molecule has 0 aliphatic carbocycles. The van der Waals surface area contributed by atoms with Gasteiger partial charge in [-0.1, -0.05) is 42.5 Å². The number of benzene rings is 3. The fraction of sp³-hybridized carbons (Fsp3) is 0. The molecule has 1 aromatic heterocycles. The van der Waals surface area contributed by atoms with Gasteiger partial charge in [0, 0.05) is 8.96 Å². The quantitative estimate of drug-likeness (QED) is 0.427. The molecule has 0 atom stereocenters. The summed E-state index contributed by atoms with van der Waals surface area (Å²) in [5.74, 6) is 0.682. The molecular weight excluding hydrogens is 361 g/mol. The Hall–Kier alpha value is -1.88. The third kappa shape index (κ3) is 1.81. The molecule has 96 valence electrons. The molecule has 2 nitrogen and oxygen atoms in total. The molecule has 0 aliphatic heterocycles. The maximum Gasteiger partial charge on any atom is 0.228 e. The van der Waals surface area contributed by atoms with Crippen molar-refractivity contribution in [3.63, 3.8) is 0 Å². The zero-order valence-electron chi connectivity index (χ0n) is 10.5. The van der Waals surface area contributed by atoms with Gasteiger partial charge >= 0.3 is 0 Å². The standard InChI is InChI=1S/C17H10INO/c18-14-8-4-3-7-13(14)17-19-15-10-9-11-5-1-2-6-12(11)16(15)20-17/h1-10H. The van der Waals surface area contributed by atoms with Crippen molar-refractivity contribution in [3.8, 4) is 11.5 Å². The summed E-state index contributed by atoms with van der Waals surface area (Å²) in [7, 11) is 0. The lowest BCUT2D eigenvalue weighted by molar-refractivity contribution is 0.622. The summed E-state index contributed by atoms with van der Waals surface area (Å²) in [5.41, 5.74) is 2.80. The normalized spacial score (nSPS) is 11.2. The van der Waals surface area contributed by atoms with E-state index in [9.17, 15) is 0 Å². The summed E-state index contributed by atoms with van der Waals surface area (Å²) in [5, 5.41) is 2.28. The molecule has 3 heteroatoms. The molecule has 20 heavy (non-hydrogen) atoms. The van der Waals surface area contributed by atoms with Gasteiger partial charge in [0.15, 0.2) is 5.58 Å². The molecule has 0 bridgehead atoms. The lowest BCUT2D eigenvalue weighted by atomic mass is 10.1. The molecule has 4 rings (SSSR count). The molecule has 1 heterocycles. The second-order valence-electron chi connectivity index (χ2n) is 4.63. The average molecular weight is 371 g/mol. The molecule has 0 saturated carbocycles. The summed E-state index contributed by atoms with van der Waals surface area (Å²) in [6.07, 6.45) is 0. The maximum atomic E-state index is 6.03. The zero-order valence-corrected chi connectivity index (χ0v) is 12.7. The highest BCUT2D eigenvalue weighted by atomic mass is 127. The molecule has 0 N–H and O–H groups in total. The van der Waals surface area contributed by atoms with Crippen LogP contribution in [0, 0.1) is 3.57 Å². The van der Waals surface area contributed by atoms with Crippen molar-refractivity contribution in [1.82, 2.24) is 4.98 Å². The van der Waals surface area contributed by atoms with Crippen LogP contribution in [0.2, 0.25) is 0 Å². The highest BCUT2D eigenvalue weighted by Gasteiger charge is 2.12. The minimum atomic E-state index is 0.682. The van der Waals surface area contributed by atoms with Crippen LogP contribution in [0.15, 0.2) is 65.1 Å². The van der Waals surface area contributed by atoms with Crippen molar-refractivity contribution in [2.24, 2.45) is 0 Å². The fourth-order valence-electron chi connectivity index (χ4n) is 2.41. The Balaban J connectivity index is 2.04. The molecule has 0 radical (unpaired) electrons. The minimum Gasteiger partial charge on any atom is -0.435 e. The van der Waals surface area contributed by atoms with Crippen LogP contribution in [-0.2, 0) is 0 Å². The minimum absolute atomic E-state index is 0.682. The van der Waals surface area contributed by atoms with Crippen LogP contribution in [0.25, 0.3) is 33.3 Å². The van der Waals surface area contributed by atoms with E-state index >= 15 is 0 Å². The van der Waals surface area contributed by atoms with E-state index in [0.29, 0.717) is 5.89 Å². The van der Waals surface area contributed by atoms with Gasteiger partial charge in [-0.15, -0.1) is 0 Å². The molecule has 0 unspecified atom stereocenters. The lowest BCUT2D eigenvalue weighted by Gasteiger charge is -1.98. The Labute approximate surface area is 129 Å². The summed E-state index contributed by atoms with van der Waals surface area (Å²) in [4.78, 5) is 4.62. The number of aromatic nitrogens is 1. The first-order chi connectivity index (χ1) is 9.83. The summed E-state index contributed by atoms with van der Waals surface area (Å²) in [6.45, 7) is 0.